The summed E-state index contributed by atoms with van der Waals surface area (Å²) in [5.41, 5.74) is 0.156. The van der Waals surface area contributed by atoms with Crippen LogP contribution in [0.3, 0.4) is 0 Å². The van der Waals surface area contributed by atoms with Gasteiger partial charge in [-0.15, -0.1) is 0 Å². The van der Waals surface area contributed by atoms with Crippen LogP contribution in [0.5, 0.6) is 11.5 Å². The topological polar surface area (TPSA) is 120 Å². The van der Waals surface area contributed by atoms with E-state index >= 15 is 0 Å². The van der Waals surface area contributed by atoms with Crippen LogP contribution in [0.2, 0.25) is 5.02 Å². The van der Waals surface area contributed by atoms with E-state index in [1.807, 2.05) is 11.9 Å². The molecule has 1 fully saturated rings. The quantitative estimate of drug-likeness (QED) is 0.517. The van der Waals surface area contributed by atoms with Crippen molar-refractivity contribution >= 4 is 28.7 Å². The summed E-state index contributed by atoms with van der Waals surface area (Å²) in [7, 11) is 1.83. The van der Waals surface area contributed by atoms with E-state index in [4.69, 9.17) is 20.8 Å². The summed E-state index contributed by atoms with van der Waals surface area (Å²) in [5.74, 6) is -1.16. The van der Waals surface area contributed by atoms with Gasteiger partial charge in [0.2, 0.25) is 0 Å². The molecule has 3 aromatic rings. The second kappa shape index (κ2) is 8.13. The lowest BCUT2D eigenvalue weighted by Crippen LogP contribution is -2.43. The van der Waals surface area contributed by atoms with Gasteiger partial charge in [-0.1, -0.05) is 23.7 Å². The minimum absolute atomic E-state index is 0.0199. The molecule has 1 aliphatic heterocycles. The highest BCUT2D eigenvalue weighted by Gasteiger charge is 2.36. The fraction of sp³-hybridized carbons (Fsp3) is 0.273. The van der Waals surface area contributed by atoms with Gasteiger partial charge in [-0.05, 0) is 32.1 Å². The Balaban J connectivity index is 1.97. The van der Waals surface area contributed by atoms with Gasteiger partial charge >= 0.3 is 6.16 Å². The molecule has 2 atom stereocenters. The van der Waals surface area contributed by atoms with Crippen LogP contribution in [-0.2, 0) is 4.74 Å². The second-order valence-electron chi connectivity index (χ2n) is 7.57. The van der Waals surface area contributed by atoms with E-state index in [0.717, 1.165) is 6.07 Å². The maximum atomic E-state index is 12.9. The maximum absolute atomic E-state index is 12.9. The first-order valence-corrected chi connectivity index (χ1v) is 9.99. The molecule has 0 saturated carbocycles. The first kappa shape index (κ1) is 21.0. The number of halogens is 1. The van der Waals surface area contributed by atoms with Crippen molar-refractivity contribution in [2.75, 3.05) is 20.1 Å². The zero-order chi connectivity index (χ0) is 22.3. The van der Waals surface area contributed by atoms with Crippen molar-refractivity contribution in [3.8, 4) is 22.8 Å². The van der Waals surface area contributed by atoms with Gasteiger partial charge in [-0.25, -0.2) is 4.79 Å². The molecule has 1 aromatic heterocycles. The van der Waals surface area contributed by atoms with E-state index in [1.165, 1.54) is 6.07 Å². The highest BCUT2D eigenvalue weighted by molar-refractivity contribution is 6.33. The number of fused-ring (bicyclic) bond motifs is 1. The molecule has 31 heavy (non-hydrogen) atoms. The molecule has 4 rings (SSSR count). The third-order valence-corrected chi connectivity index (χ3v) is 5.85. The van der Waals surface area contributed by atoms with Crippen LogP contribution in [0.25, 0.3) is 22.3 Å². The van der Waals surface area contributed by atoms with Crippen LogP contribution in [0.1, 0.15) is 17.9 Å². The molecule has 0 bridgehead atoms. The summed E-state index contributed by atoms with van der Waals surface area (Å²) in [4.78, 5) is 26.0. The number of phenols is 2. The number of likely N-dealkylation sites (N-methyl/N-ethyl adjacent to an activating group) is 1. The first-order valence-electron chi connectivity index (χ1n) is 9.62. The fourth-order valence-corrected chi connectivity index (χ4v) is 4.35. The van der Waals surface area contributed by atoms with Crippen LogP contribution in [0.15, 0.2) is 45.6 Å². The summed E-state index contributed by atoms with van der Waals surface area (Å²) in [6.45, 7) is 0.910. The summed E-state index contributed by atoms with van der Waals surface area (Å²) < 4.78 is 11.1. The molecule has 0 unspecified atom stereocenters. The predicted octanol–water partition coefficient (Wildman–Crippen LogP) is 4.01. The van der Waals surface area contributed by atoms with Crippen LogP contribution in [0.4, 0.5) is 4.79 Å². The number of hydrogen-bond donors (Lipinski definition) is 3. The molecule has 8 nitrogen and oxygen atoms in total. The van der Waals surface area contributed by atoms with Crippen molar-refractivity contribution in [1.82, 2.24) is 4.90 Å². The first-order chi connectivity index (χ1) is 14.8. The third kappa shape index (κ3) is 3.92. The molecule has 0 radical (unpaired) electrons. The minimum Gasteiger partial charge on any atom is -0.507 e. The predicted molar refractivity (Wildman–Crippen MR) is 114 cm³/mol. The average molecular weight is 446 g/mol. The molecule has 0 spiro atoms. The van der Waals surface area contributed by atoms with E-state index < -0.39 is 29.4 Å². The number of rotatable bonds is 3. The lowest BCUT2D eigenvalue weighted by atomic mass is 9.85. The molecule has 0 amide bonds. The fourth-order valence-electron chi connectivity index (χ4n) is 4.12. The molecular weight excluding hydrogens is 426 g/mol. The van der Waals surface area contributed by atoms with Crippen molar-refractivity contribution in [2.45, 2.75) is 18.4 Å². The Hall–Kier alpha value is -3.23. The summed E-state index contributed by atoms with van der Waals surface area (Å²) in [5, 5.41) is 30.5. The highest BCUT2D eigenvalue weighted by atomic mass is 35.5. The number of hydrogen-bond acceptors (Lipinski definition) is 7. The monoisotopic (exact) mass is 445 g/mol. The van der Waals surface area contributed by atoms with Gasteiger partial charge in [-0.2, -0.15) is 0 Å². The summed E-state index contributed by atoms with van der Waals surface area (Å²) >= 11 is 6.26. The lowest BCUT2D eigenvalue weighted by molar-refractivity contribution is 0.00695. The number of ether oxygens (including phenoxy) is 1. The molecule has 9 heteroatoms. The largest absolute Gasteiger partial charge is 0.507 e. The van der Waals surface area contributed by atoms with E-state index in [-0.39, 0.29) is 28.0 Å². The SMILES string of the molecule is CN1CC[C@H](c2c(O)cc(O)c3c(=O)cc(-c4ccccc4Cl)oc23)[C@H](OC(=O)O)C1. The van der Waals surface area contributed by atoms with Crippen molar-refractivity contribution in [3.63, 3.8) is 0 Å². The molecule has 2 aromatic carbocycles. The Morgan fingerprint density at radius 2 is 1.97 bits per heavy atom. The molecule has 162 valence electrons. The number of phenolic OH excluding ortho intramolecular Hbond substituents is 2. The Labute approximate surface area is 181 Å². The third-order valence-electron chi connectivity index (χ3n) is 5.52. The number of aromatic hydroxyl groups is 2. The zero-order valence-corrected chi connectivity index (χ0v) is 17.3. The summed E-state index contributed by atoms with van der Waals surface area (Å²) in [6.07, 6.45) is -1.79. The number of benzene rings is 2. The molecule has 3 N–H and O–H groups in total. The van der Waals surface area contributed by atoms with Crippen molar-refractivity contribution in [3.05, 3.63) is 57.2 Å². The molecule has 0 aliphatic carbocycles. The molecule has 1 saturated heterocycles. The maximum Gasteiger partial charge on any atom is 0.506 e. The number of nitrogens with zero attached hydrogens (tertiary/aromatic N) is 1. The molecular formula is C22H20ClNO7. The Morgan fingerprint density at radius 1 is 1.23 bits per heavy atom. The van der Waals surface area contributed by atoms with Crippen LogP contribution in [0, 0.1) is 0 Å². The van der Waals surface area contributed by atoms with Crippen LogP contribution < -0.4 is 5.43 Å². The van der Waals surface area contributed by atoms with Crippen molar-refractivity contribution < 1.29 is 29.3 Å². The Bertz CT molecular complexity index is 1220. The average Bonchev–Trinajstić information content (AvgIpc) is 2.68. The van der Waals surface area contributed by atoms with Gasteiger partial charge in [0.1, 0.15) is 34.3 Å². The van der Waals surface area contributed by atoms with E-state index in [0.29, 0.717) is 30.1 Å². The van der Waals surface area contributed by atoms with Crippen LogP contribution >= 0.6 is 11.6 Å². The lowest BCUT2D eigenvalue weighted by Gasteiger charge is -2.36. The number of likely N-dealkylation sites (tertiary alicyclic amines) is 1. The number of carboxylic acid groups (broad SMARTS) is 1. The molecule has 1 aliphatic rings. The smallest absolute Gasteiger partial charge is 0.506 e. The Kier molecular flexibility index (Phi) is 5.51. The van der Waals surface area contributed by atoms with Gasteiger partial charge in [0.25, 0.3) is 0 Å². The van der Waals surface area contributed by atoms with Gasteiger partial charge < -0.3 is 29.4 Å². The van der Waals surface area contributed by atoms with E-state index in [9.17, 15) is 24.9 Å². The van der Waals surface area contributed by atoms with Gasteiger partial charge in [0.05, 0.1) is 5.02 Å². The number of carbonyl (C=O) groups is 1. The Morgan fingerprint density at radius 3 is 2.68 bits per heavy atom. The van der Waals surface area contributed by atoms with Gasteiger partial charge in [-0.3, -0.25) is 4.79 Å². The van der Waals surface area contributed by atoms with Gasteiger partial charge in [0, 0.05) is 35.7 Å². The van der Waals surface area contributed by atoms with Gasteiger partial charge in [0.15, 0.2) is 5.43 Å². The minimum atomic E-state index is -1.44. The van der Waals surface area contributed by atoms with Crippen molar-refractivity contribution in [2.24, 2.45) is 0 Å². The summed E-state index contributed by atoms with van der Waals surface area (Å²) in [6, 6.07) is 9.10. The second-order valence-corrected chi connectivity index (χ2v) is 7.97. The standard InChI is InChI=1S/C22H20ClNO7/c1-24-7-6-12(18(10-24)31-22(28)29)19-14(25)8-15(26)20-16(27)9-17(30-21(19)20)11-4-2-3-5-13(11)23/h2-5,8-9,12,18,25-26H,6-7,10H2,1H3,(H,28,29)/t12-,18+/m0/s1. The van der Waals surface area contributed by atoms with Crippen LogP contribution in [-0.4, -0.2) is 52.6 Å². The normalized spacial score (nSPS) is 19.4. The highest BCUT2D eigenvalue weighted by Crippen LogP contribution is 2.43. The number of piperidine rings is 1. The molecule has 2 heterocycles. The van der Waals surface area contributed by atoms with E-state index in [2.05, 4.69) is 0 Å². The van der Waals surface area contributed by atoms with E-state index in [1.54, 1.807) is 24.3 Å². The van der Waals surface area contributed by atoms with Crippen molar-refractivity contribution in [1.29, 1.82) is 0 Å². The zero-order valence-electron chi connectivity index (χ0n) is 16.5.